The van der Waals surface area contributed by atoms with Gasteiger partial charge in [0.05, 0.1) is 11.0 Å². The van der Waals surface area contributed by atoms with Crippen molar-refractivity contribution < 1.29 is 0 Å². The maximum atomic E-state index is 5.35. The molecule has 0 fully saturated rings. The number of hydrogen-bond acceptors (Lipinski definition) is 4. The molecule has 0 amide bonds. The summed E-state index contributed by atoms with van der Waals surface area (Å²) in [5.41, 5.74) is 15.4. The van der Waals surface area contributed by atoms with Gasteiger partial charge >= 0.3 is 0 Å². The molecule has 0 bridgehead atoms. The summed E-state index contributed by atoms with van der Waals surface area (Å²) in [7, 11) is 0. The maximum absolute atomic E-state index is 5.35. The van der Waals surface area contributed by atoms with Gasteiger partial charge in [-0.05, 0) is 87.0 Å². The van der Waals surface area contributed by atoms with Crippen molar-refractivity contribution in [2.24, 2.45) is 0 Å². The fourth-order valence-corrected chi connectivity index (χ4v) is 11.2. The van der Waals surface area contributed by atoms with Crippen molar-refractivity contribution in [1.82, 2.24) is 19.5 Å². The predicted octanol–water partition coefficient (Wildman–Crippen LogP) is 17.0. The van der Waals surface area contributed by atoms with Gasteiger partial charge in [0.1, 0.15) is 0 Å². The van der Waals surface area contributed by atoms with E-state index in [1.807, 2.05) is 47.7 Å². The molecule has 3 heterocycles. The molecule has 0 aliphatic rings. The van der Waals surface area contributed by atoms with Gasteiger partial charge in [-0.15, -0.1) is 11.3 Å². The lowest BCUT2D eigenvalue weighted by Gasteiger charge is -2.16. The average molecular weight is 885 g/mol. The summed E-state index contributed by atoms with van der Waals surface area (Å²) in [6, 6.07) is 86.3. The normalized spacial score (nSPS) is 11.5. The van der Waals surface area contributed by atoms with E-state index in [1.54, 1.807) is 0 Å². The van der Waals surface area contributed by atoms with Crippen molar-refractivity contribution in [3.8, 4) is 84.4 Å². The van der Waals surface area contributed by atoms with Crippen LogP contribution >= 0.6 is 11.3 Å². The zero-order chi connectivity index (χ0) is 45.0. The molecule has 13 rings (SSSR count). The Bertz CT molecular complexity index is 3940. The molecular formula is C63H40N4S. The standard InChI is InChI=1S/C63H40N4S/c1-6-19-41(20-7-1)48-35-33-45(39-53(48)42-21-8-2-9-22-42)46-34-36-49(54(40-46)63-65-61(43-23-10-3-11-24-43)64-62(66-63)44-25-12-4-13-26-44)50-30-18-32-57-58(50)52-37-38-56-59(60(52)68-57)51-29-16-17-31-55(51)67(56)47-27-14-5-15-28-47/h1-40H. The first-order chi connectivity index (χ1) is 33.7. The van der Waals surface area contributed by atoms with Crippen LogP contribution in [-0.4, -0.2) is 19.5 Å². The Morgan fingerprint density at radius 2 is 0.824 bits per heavy atom. The largest absolute Gasteiger partial charge is 0.309 e. The first-order valence-electron chi connectivity index (χ1n) is 22.9. The van der Waals surface area contributed by atoms with Crippen LogP contribution in [0.4, 0.5) is 0 Å². The minimum atomic E-state index is 0.614. The van der Waals surface area contributed by atoms with Crippen LogP contribution in [0.3, 0.4) is 0 Å². The van der Waals surface area contributed by atoms with Crippen molar-refractivity contribution in [2.75, 3.05) is 0 Å². The summed E-state index contributed by atoms with van der Waals surface area (Å²) in [5.74, 6) is 1.87. The van der Waals surface area contributed by atoms with Gasteiger partial charge in [-0.2, -0.15) is 0 Å². The molecule has 0 aliphatic heterocycles. The van der Waals surface area contributed by atoms with Crippen LogP contribution in [0.1, 0.15) is 0 Å². The number of para-hydroxylation sites is 2. The molecule has 0 radical (unpaired) electrons. The molecule has 0 unspecified atom stereocenters. The monoisotopic (exact) mass is 884 g/mol. The molecule has 0 N–H and O–H groups in total. The second kappa shape index (κ2) is 16.6. The number of thiophene rings is 1. The number of fused-ring (bicyclic) bond motifs is 7. The van der Waals surface area contributed by atoms with Gasteiger partial charge in [0.25, 0.3) is 0 Å². The summed E-state index contributed by atoms with van der Waals surface area (Å²) >= 11 is 1.87. The fraction of sp³-hybridized carbons (Fsp3) is 0. The zero-order valence-corrected chi connectivity index (χ0v) is 37.6. The Morgan fingerprint density at radius 3 is 1.47 bits per heavy atom. The Labute approximate surface area is 397 Å². The van der Waals surface area contributed by atoms with Gasteiger partial charge in [0, 0.05) is 53.3 Å². The van der Waals surface area contributed by atoms with Gasteiger partial charge in [0.15, 0.2) is 17.5 Å². The highest BCUT2D eigenvalue weighted by Crippen LogP contribution is 2.48. The van der Waals surface area contributed by atoms with Gasteiger partial charge in [-0.1, -0.05) is 200 Å². The van der Waals surface area contributed by atoms with Crippen molar-refractivity contribution in [2.45, 2.75) is 0 Å². The number of hydrogen-bond donors (Lipinski definition) is 0. The summed E-state index contributed by atoms with van der Waals surface area (Å²) in [4.78, 5) is 15.8. The Morgan fingerprint density at radius 1 is 0.294 bits per heavy atom. The Hall–Kier alpha value is -8.77. The summed E-state index contributed by atoms with van der Waals surface area (Å²) in [6.07, 6.45) is 0. The number of benzene rings is 10. The first-order valence-corrected chi connectivity index (χ1v) is 23.7. The topological polar surface area (TPSA) is 43.6 Å². The number of aromatic nitrogens is 4. The molecule has 5 heteroatoms. The van der Waals surface area contributed by atoms with Gasteiger partial charge in [-0.25, -0.2) is 15.0 Å². The highest BCUT2D eigenvalue weighted by Gasteiger charge is 2.23. The van der Waals surface area contributed by atoms with E-state index in [9.17, 15) is 0 Å². The second-order valence-electron chi connectivity index (χ2n) is 17.1. The van der Waals surface area contributed by atoms with Crippen LogP contribution < -0.4 is 0 Å². The van der Waals surface area contributed by atoms with Crippen molar-refractivity contribution in [3.05, 3.63) is 243 Å². The minimum absolute atomic E-state index is 0.614. The smallest absolute Gasteiger partial charge is 0.164 e. The van der Waals surface area contributed by atoms with Gasteiger partial charge in [-0.3, -0.25) is 0 Å². The molecule has 318 valence electrons. The van der Waals surface area contributed by atoms with E-state index in [0.717, 1.165) is 44.6 Å². The van der Waals surface area contributed by atoms with Gasteiger partial charge < -0.3 is 4.57 Å². The van der Waals surface area contributed by atoms with E-state index in [-0.39, 0.29) is 0 Å². The molecule has 0 spiro atoms. The summed E-state index contributed by atoms with van der Waals surface area (Å²) < 4.78 is 4.90. The second-order valence-corrected chi connectivity index (χ2v) is 18.1. The molecule has 13 aromatic rings. The molecule has 3 aromatic heterocycles. The molecule has 0 saturated carbocycles. The van der Waals surface area contributed by atoms with E-state index < -0.39 is 0 Å². The van der Waals surface area contributed by atoms with Crippen molar-refractivity contribution >= 4 is 53.3 Å². The Balaban J connectivity index is 1.07. The summed E-state index contributed by atoms with van der Waals surface area (Å²) in [6.45, 7) is 0. The minimum Gasteiger partial charge on any atom is -0.309 e. The molecule has 0 saturated heterocycles. The molecule has 4 nitrogen and oxygen atoms in total. The van der Waals surface area contributed by atoms with Crippen LogP contribution in [0.25, 0.3) is 126 Å². The number of nitrogens with zero attached hydrogens (tertiary/aromatic N) is 4. The molecule has 0 aliphatic carbocycles. The SMILES string of the molecule is c1ccc(-c2nc(-c3ccccc3)nc(-c3cc(-c4ccc(-c5ccccc5)c(-c5ccccc5)c4)ccc3-c3cccc4sc5c(ccc6c5c5ccccc5n6-c5ccccc5)c34)n2)cc1. The number of rotatable bonds is 8. The third kappa shape index (κ3) is 6.79. The highest BCUT2D eigenvalue weighted by atomic mass is 32.1. The molecule has 0 atom stereocenters. The fourth-order valence-electron chi connectivity index (χ4n) is 9.94. The lowest BCUT2D eigenvalue weighted by atomic mass is 9.89. The van der Waals surface area contributed by atoms with Crippen LogP contribution in [0.15, 0.2) is 243 Å². The molecular weight excluding hydrogens is 845 g/mol. The summed E-state index contributed by atoms with van der Waals surface area (Å²) in [5, 5.41) is 4.97. The van der Waals surface area contributed by atoms with Crippen molar-refractivity contribution in [1.29, 1.82) is 0 Å². The third-order valence-electron chi connectivity index (χ3n) is 13.1. The van der Waals surface area contributed by atoms with Crippen LogP contribution in [0, 0.1) is 0 Å². The van der Waals surface area contributed by atoms with Crippen LogP contribution in [0.2, 0.25) is 0 Å². The highest BCUT2D eigenvalue weighted by molar-refractivity contribution is 7.27. The van der Waals surface area contributed by atoms with E-state index >= 15 is 0 Å². The quantitative estimate of drug-likeness (QED) is 0.153. The van der Waals surface area contributed by atoms with E-state index in [1.165, 1.54) is 64.2 Å². The van der Waals surface area contributed by atoms with Crippen molar-refractivity contribution in [3.63, 3.8) is 0 Å². The maximum Gasteiger partial charge on any atom is 0.164 e. The molecule has 68 heavy (non-hydrogen) atoms. The van der Waals surface area contributed by atoms with Crippen LogP contribution in [-0.2, 0) is 0 Å². The van der Waals surface area contributed by atoms with E-state index in [0.29, 0.717) is 17.5 Å². The lowest BCUT2D eigenvalue weighted by Crippen LogP contribution is -2.01. The predicted molar refractivity (Wildman–Crippen MR) is 285 cm³/mol. The van der Waals surface area contributed by atoms with E-state index in [2.05, 4.69) is 211 Å². The Kier molecular flexibility index (Phi) is 9.66. The van der Waals surface area contributed by atoms with Gasteiger partial charge in [0.2, 0.25) is 0 Å². The zero-order valence-electron chi connectivity index (χ0n) is 36.8. The lowest BCUT2D eigenvalue weighted by molar-refractivity contribution is 1.07. The first kappa shape index (κ1) is 39.6. The third-order valence-corrected chi connectivity index (χ3v) is 14.3. The molecule has 10 aromatic carbocycles. The van der Waals surface area contributed by atoms with Crippen LogP contribution in [0.5, 0.6) is 0 Å². The van der Waals surface area contributed by atoms with E-state index in [4.69, 9.17) is 15.0 Å². The average Bonchev–Trinajstić information content (AvgIpc) is 3.98.